The van der Waals surface area contributed by atoms with Crippen LogP contribution >= 0.6 is 0 Å². The van der Waals surface area contributed by atoms with Crippen molar-refractivity contribution in [3.8, 4) is 23.0 Å². The number of aromatic hydroxyl groups is 4. The molecule has 1 unspecified atom stereocenters. The minimum Gasteiger partial charge on any atom is -0.508 e. The molecule has 38 heavy (non-hydrogen) atoms. The van der Waals surface area contributed by atoms with E-state index in [4.69, 9.17) is 20.4 Å². The summed E-state index contributed by atoms with van der Waals surface area (Å²) in [7, 11) is 0. The smallest absolute Gasteiger partial charge is 0.133 e. The third-order valence-electron chi connectivity index (χ3n) is 5.18. The Morgan fingerprint density at radius 3 is 0.974 bits per heavy atom. The van der Waals surface area contributed by atoms with Crippen LogP contribution < -0.4 is 0 Å². The average molecular weight is 517 g/mol. The number of benzene rings is 4. The first-order valence-corrected chi connectivity index (χ1v) is 12.5. The predicted octanol–water partition coefficient (Wildman–Crippen LogP) is 7.97. The lowest BCUT2D eigenvalue weighted by Crippen LogP contribution is -2.27. The Morgan fingerprint density at radius 2 is 0.816 bits per heavy atom. The number of carbonyl (C=O) groups excluding carboxylic acids is 1. The highest BCUT2D eigenvalue weighted by molar-refractivity contribution is 5.80. The normalized spacial score (nSPS) is 14.8. The van der Waals surface area contributed by atoms with Crippen molar-refractivity contribution in [3.63, 3.8) is 0 Å². The third kappa shape index (κ3) is 17.2. The molecule has 5 heteroatoms. The zero-order chi connectivity index (χ0) is 28.2. The summed E-state index contributed by atoms with van der Waals surface area (Å²) in [6.45, 7) is 6.53. The van der Waals surface area contributed by atoms with Crippen molar-refractivity contribution in [2.75, 3.05) is 0 Å². The van der Waals surface area contributed by atoms with Crippen molar-refractivity contribution in [3.05, 3.63) is 121 Å². The van der Waals surface area contributed by atoms with Crippen molar-refractivity contribution >= 4 is 5.78 Å². The second kappa shape index (κ2) is 18.1. The first-order chi connectivity index (χ1) is 18.1. The van der Waals surface area contributed by atoms with Gasteiger partial charge in [-0.1, -0.05) is 93.6 Å². The van der Waals surface area contributed by atoms with E-state index >= 15 is 0 Å². The van der Waals surface area contributed by atoms with E-state index in [0.29, 0.717) is 34.7 Å². The van der Waals surface area contributed by atoms with Crippen LogP contribution in [0.3, 0.4) is 0 Å². The van der Waals surface area contributed by atoms with Crippen LogP contribution in [0.4, 0.5) is 0 Å². The van der Waals surface area contributed by atoms with Crippen LogP contribution in [0.25, 0.3) is 0 Å². The summed E-state index contributed by atoms with van der Waals surface area (Å²) in [6.07, 6.45) is 2.81. The maximum Gasteiger partial charge on any atom is 0.133 e. The van der Waals surface area contributed by atoms with E-state index in [0.717, 1.165) is 12.8 Å². The molecule has 0 heterocycles. The van der Waals surface area contributed by atoms with Gasteiger partial charge in [0, 0.05) is 12.8 Å². The van der Waals surface area contributed by atoms with Crippen LogP contribution in [0.5, 0.6) is 23.0 Å². The first kappa shape index (κ1) is 31.8. The SMILES string of the molecule is CC1CC(=O)CC(C)(C)C1.Oc1ccccc1.Oc1ccccc1.Oc1ccccc1.Oc1ccccc1. The van der Waals surface area contributed by atoms with Crippen LogP contribution in [0.2, 0.25) is 0 Å². The molecule has 1 aliphatic carbocycles. The Hall–Kier alpha value is -4.25. The number of phenolic OH excluding ortho intramolecular Hbond substituents is 4. The number of ketones is 1. The average Bonchev–Trinajstić information content (AvgIpc) is 2.86. The minimum absolute atomic E-state index is 0.273. The second-order valence-electron chi connectivity index (χ2n) is 9.74. The van der Waals surface area contributed by atoms with Gasteiger partial charge in [0.15, 0.2) is 0 Å². The molecule has 4 aromatic rings. The summed E-state index contributed by atoms with van der Waals surface area (Å²) >= 11 is 0. The third-order valence-corrected chi connectivity index (χ3v) is 5.18. The fourth-order valence-electron chi connectivity index (χ4n) is 3.79. The van der Waals surface area contributed by atoms with E-state index < -0.39 is 0 Å². The van der Waals surface area contributed by atoms with E-state index in [1.807, 2.05) is 24.3 Å². The number of phenols is 4. The van der Waals surface area contributed by atoms with Gasteiger partial charge in [-0.25, -0.2) is 0 Å². The van der Waals surface area contributed by atoms with Gasteiger partial charge in [-0.15, -0.1) is 0 Å². The molecule has 0 aromatic heterocycles. The molecule has 1 aliphatic rings. The van der Waals surface area contributed by atoms with Gasteiger partial charge in [0.05, 0.1) is 0 Å². The van der Waals surface area contributed by atoms with Crippen LogP contribution in [-0.4, -0.2) is 26.2 Å². The quantitative estimate of drug-likeness (QED) is 0.190. The maximum absolute atomic E-state index is 11.1. The molecule has 0 radical (unpaired) electrons. The Balaban J connectivity index is 0.000000239. The Labute approximate surface area is 226 Å². The lowest BCUT2D eigenvalue weighted by Gasteiger charge is -2.32. The molecule has 5 rings (SSSR count). The minimum atomic E-state index is 0.273. The molecule has 0 aliphatic heterocycles. The van der Waals surface area contributed by atoms with Crippen molar-refractivity contribution in [1.82, 2.24) is 0 Å². The zero-order valence-corrected chi connectivity index (χ0v) is 22.4. The number of Topliss-reactive ketones (excluding diaryl/α,β-unsaturated/α-hetero) is 1. The Kier molecular flexibility index (Phi) is 15.1. The molecule has 0 amide bonds. The second-order valence-corrected chi connectivity index (χ2v) is 9.74. The zero-order valence-electron chi connectivity index (χ0n) is 22.4. The summed E-state index contributed by atoms with van der Waals surface area (Å²) in [5.74, 6) is 2.34. The van der Waals surface area contributed by atoms with Gasteiger partial charge in [-0.2, -0.15) is 0 Å². The summed E-state index contributed by atoms with van der Waals surface area (Å²) in [4.78, 5) is 11.1. The Bertz CT molecular complexity index is 965. The molecule has 5 nitrogen and oxygen atoms in total. The monoisotopic (exact) mass is 516 g/mol. The van der Waals surface area contributed by atoms with Gasteiger partial charge in [-0.05, 0) is 66.3 Å². The molecule has 202 valence electrons. The largest absolute Gasteiger partial charge is 0.508 e. The summed E-state index contributed by atoms with van der Waals surface area (Å²) in [6, 6.07) is 34.9. The fourth-order valence-corrected chi connectivity index (χ4v) is 3.79. The molecular formula is C33H40O5. The van der Waals surface area contributed by atoms with Gasteiger partial charge in [0.25, 0.3) is 0 Å². The summed E-state index contributed by atoms with van der Waals surface area (Å²) in [5, 5.41) is 34.5. The van der Waals surface area contributed by atoms with Crippen LogP contribution in [0, 0.1) is 11.3 Å². The van der Waals surface area contributed by atoms with Gasteiger partial charge >= 0.3 is 0 Å². The van der Waals surface area contributed by atoms with E-state index in [1.54, 1.807) is 97.1 Å². The summed E-state index contributed by atoms with van der Waals surface area (Å²) < 4.78 is 0. The molecule has 1 atom stereocenters. The predicted molar refractivity (Wildman–Crippen MR) is 154 cm³/mol. The first-order valence-electron chi connectivity index (χ1n) is 12.5. The van der Waals surface area contributed by atoms with Crippen LogP contribution in [0.15, 0.2) is 121 Å². The van der Waals surface area contributed by atoms with E-state index in [1.165, 1.54) is 6.42 Å². The molecule has 0 bridgehead atoms. The van der Waals surface area contributed by atoms with Gasteiger partial charge in [-0.3, -0.25) is 4.79 Å². The van der Waals surface area contributed by atoms with Gasteiger partial charge < -0.3 is 20.4 Å². The highest BCUT2D eigenvalue weighted by atomic mass is 16.3. The van der Waals surface area contributed by atoms with Crippen molar-refractivity contribution in [2.24, 2.45) is 11.3 Å². The van der Waals surface area contributed by atoms with Crippen molar-refractivity contribution in [2.45, 2.75) is 40.0 Å². The van der Waals surface area contributed by atoms with E-state index in [2.05, 4.69) is 20.8 Å². The standard InChI is InChI=1S/C9H16O.4C6H6O/c1-7-4-8(10)6-9(2,3)5-7;4*7-6-4-2-1-3-5-6/h7H,4-6H2,1-3H3;4*1-5,7H. The molecule has 0 saturated heterocycles. The molecule has 4 N–H and O–H groups in total. The molecular weight excluding hydrogens is 476 g/mol. The lowest BCUT2D eigenvalue weighted by atomic mass is 9.72. The number of para-hydroxylation sites is 4. The highest BCUT2D eigenvalue weighted by Gasteiger charge is 2.30. The van der Waals surface area contributed by atoms with Crippen LogP contribution in [-0.2, 0) is 4.79 Å². The molecule has 1 saturated carbocycles. The Morgan fingerprint density at radius 1 is 0.553 bits per heavy atom. The number of hydrogen-bond acceptors (Lipinski definition) is 5. The van der Waals surface area contributed by atoms with Gasteiger partial charge in [0.1, 0.15) is 28.8 Å². The highest BCUT2D eigenvalue weighted by Crippen LogP contribution is 2.36. The molecule has 4 aromatic carbocycles. The molecule has 1 fully saturated rings. The molecule has 0 spiro atoms. The number of rotatable bonds is 0. The maximum atomic E-state index is 11.1. The topological polar surface area (TPSA) is 98.0 Å². The van der Waals surface area contributed by atoms with Crippen molar-refractivity contribution in [1.29, 1.82) is 0 Å². The van der Waals surface area contributed by atoms with Crippen molar-refractivity contribution < 1.29 is 25.2 Å². The van der Waals surface area contributed by atoms with E-state index in [9.17, 15) is 4.79 Å². The number of carbonyl (C=O) groups is 1. The number of hydrogen-bond donors (Lipinski definition) is 4. The lowest BCUT2D eigenvalue weighted by molar-refractivity contribution is -0.124. The fraction of sp³-hybridized carbons (Fsp3) is 0.242. The van der Waals surface area contributed by atoms with Crippen LogP contribution in [0.1, 0.15) is 40.0 Å². The summed E-state index contributed by atoms with van der Waals surface area (Å²) in [5.41, 5.74) is 0.273. The van der Waals surface area contributed by atoms with Gasteiger partial charge in [0.2, 0.25) is 0 Å². The van der Waals surface area contributed by atoms with E-state index in [-0.39, 0.29) is 5.41 Å².